The highest BCUT2D eigenvalue weighted by Crippen LogP contribution is 2.13. The van der Waals surface area contributed by atoms with E-state index in [2.05, 4.69) is 15.5 Å². The number of rotatable bonds is 13. The molecule has 2 amide bonds. The van der Waals surface area contributed by atoms with Gasteiger partial charge in [0, 0.05) is 25.2 Å². The first-order valence-corrected chi connectivity index (χ1v) is 12.1. The molecule has 1 aromatic carbocycles. The van der Waals surface area contributed by atoms with Crippen molar-refractivity contribution in [1.82, 2.24) is 15.5 Å². The summed E-state index contributed by atoms with van der Waals surface area (Å²) in [5.41, 5.74) is 0.0728. The summed E-state index contributed by atoms with van der Waals surface area (Å²) in [5.74, 6) is 0. The molecule has 2 N–H and O–H groups in total. The Hall–Kier alpha value is -2.88. The van der Waals surface area contributed by atoms with Crippen LogP contribution in [0.4, 0.5) is 15.3 Å². The van der Waals surface area contributed by atoms with Crippen LogP contribution in [0.5, 0.6) is 0 Å². The number of benzene rings is 1. The van der Waals surface area contributed by atoms with E-state index in [4.69, 9.17) is 9.47 Å². The number of nitrogens with one attached hydrogen (secondary N) is 2. The van der Waals surface area contributed by atoms with Crippen molar-refractivity contribution >= 4 is 17.9 Å². The van der Waals surface area contributed by atoms with Crippen molar-refractivity contribution in [2.75, 3.05) is 32.7 Å². The molecule has 0 atom stereocenters. The van der Waals surface area contributed by atoms with Gasteiger partial charge in [0.1, 0.15) is 11.2 Å². The number of nitro groups is 1. The maximum Gasteiger partial charge on any atom is 0.407 e. The van der Waals surface area contributed by atoms with Gasteiger partial charge in [-0.2, -0.15) is 0 Å². The molecule has 0 spiro atoms. The topological polar surface area (TPSA) is 123 Å². The Labute approximate surface area is 208 Å². The molecule has 0 unspecified atom stereocenters. The molecule has 0 aliphatic carbocycles. The van der Waals surface area contributed by atoms with E-state index in [1.807, 2.05) is 41.5 Å². The lowest BCUT2D eigenvalue weighted by Crippen LogP contribution is -2.36. The lowest BCUT2D eigenvalue weighted by molar-refractivity contribution is -0.384. The van der Waals surface area contributed by atoms with E-state index in [9.17, 15) is 19.7 Å². The van der Waals surface area contributed by atoms with Gasteiger partial charge in [-0.3, -0.25) is 10.1 Å². The minimum absolute atomic E-state index is 0.0883. The Kier molecular flexibility index (Phi) is 12.5. The molecule has 0 heterocycles. The molecule has 1 aromatic rings. The average Bonchev–Trinajstić information content (AvgIpc) is 2.71. The lowest BCUT2D eigenvalue weighted by atomic mass is 10.1. The zero-order valence-corrected chi connectivity index (χ0v) is 22.0. The number of hydrogen-bond donors (Lipinski definition) is 2. The van der Waals surface area contributed by atoms with Crippen molar-refractivity contribution < 1.29 is 24.0 Å². The van der Waals surface area contributed by atoms with Gasteiger partial charge in [-0.05, 0) is 92.4 Å². The largest absolute Gasteiger partial charge is 0.444 e. The minimum Gasteiger partial charge on any atom is -0.444 e. The standard InChI is InChI=1S/C25H42N4O6/c1-24(2,3)34-22(30)26-15-8-18-28(19-9-16-27-23(31)35-25(4,5)6)17-7-10-20-11-13-21(14-12-20)29(32)33/h11-14H,7-10,15-19H2,1-6H3,(H,26,30)(H,27,31). The van der Waals surface area contributed by atoms with Gasteiger partial charge < -0.3 is 25.0 Å². The third-order valence-corrected chi connectivity index (χ3v) is 4.73. The summed E-state index contributed by atoms with van der Waals surface area (Å²) < 4.78 is 10.5. The van der Waals surface area contributed by atoms with Gasteiger partial charge in [0.05, 0.1) is 4.92 Å². The fraction of sp³-hybridized carbons (Fsp3) is 0.680. The number of nitro benzene ring substituents is 1. The van der Waals surface area contributed by atoms with Gasteiger partial charge in [-0.25, -0.2) is 9.59 Å². The van der Waals surface area contributed by atoms with Crippen molar-refractivity contribution in [2.45, 2.75) is 78.4 Å². The molecule has 10 heteroatoms. The van der Waals surface area contributed by atoms with E-state index in [1.165, 1.54) is 12.1 Å². The smallest absolute Gasteiger partial charge is 0.407 e. The number of nitrogens with zero attached hydrogens (tertiary/aromatic N) is 2. The van der Waals surface area contributed by atoms with Gasteiger partial charge in [-0.15, -0.1) is 0 Å². The van der Waals surface area contributed by atoms with Crippen LogP contribution in [0.3, 0.4) is 0 Å². The second-order valence-electron chi connectivity index (χ2n) is 10.4. The highest BCUT2D eigenvalue weighted by molar-refractivity contribution is 5.67. The van der Waals surface area contributed by atoms with Crippen LogP contribution in [-0.4, -0.2) is 65.9 Å². The monoisotopic (exact) mass is 494 g/mol. The molecule has 10 nitrogen and oxygen atoms in total. The summed E-state index contributed by atoms with van der Waals surface area (Å²) in [7, 11) is 0. The number of ether oxygens (including phenoxy) is 2. The van der Waals surface area contributed by atoms with Gasteiger partial charge in [-0.1, -0.05) is 12.1 Å². The summed E-state index contributed by atoms with van der Waals surface area (Å²) in [6, 6.07) is 6.63. The lowest BCUT2D eigenvalue weighted by Gasteiger charge is -2.24. The van der Waals surface area contributed by atoms with Crippen LogP contribution in [0.2, 0.25) is 0 Å². The Bertz CT molecular complexity index is 764. The Morgan fingerprint density at radius 2 is 1.26 bits per heavy atom. The zero-order chi connectivity index (χ0) is 26.5. The molecule has 1 rings (SSSR count). The third-order valence-electron chi connectivity index (χ3n) is 4.73. The summed E-state index contributed by atoms with van der Waals surface area (Å²) in [4.78, 5) is 36.4. The Balaban J connectivity index is 2.48. The van der Waals surface area contributed by atoms with Crippen LogP contribution in [0.1, 0.15) is 66.4 Å². The molecular formula is C25H42N4O6. The molecule has 0 fully saturated rings. The number of carbonyl (C=O) groups is 2. The fourth-order valence-corrected chi connectivity index (χ4v) is 3.24. The van der Waals surface area contributed by atoms with Crippen molar-refractivity contribution in [1.29, 1.82) is 0 Å². The summed E-state index contributed by atoms with van der Waals surface area (Å²) in [6.45, 7) is 14.3. The van der Waals surface area contributed by atoms with E-state index in [1.54, 1.807) is 12.1 Å². The maximum absolute atomic E-state index is 11.8. The van der Waals surface area contributed by atoms with E-state index in [-0.39, 0.29) is 5.69 Å². The van der Waals surface area contributed by atoms with E-state index < -0.39 is 28.3 Å². The SMILES string of the molecule is CC(C)(C)OC(=O)NCCCN(CCCNC(=O)OC(C)(C)C)CCCc1ccc([N+](=O)[O-])cc1. The molecule has 198 valence electrons. The third kappa shape index (κ3) is 15.6. The predicted octanol–water partition coefficient (Wildman–Crippen LogP) is 4.66. The van der Waals surface area contributed by atoms with Crippen LogP contribution in [0.15, 0.2) is 24.3 Å². The van der Waals surface area contributed by atoms with Crippen LogP contribution in [0, 0.1) is 10.1 Å². The average molecular weight is 495 g/mol. The van der Waals surface area contributed by atoms with Crippen molar-refractivity contribution in [2.24, 2.45) is 0 Å². The van der Waals surface area contributed by atoms with E-state index in [0.717, 1.165) is 50.9 Å². The number of amides is 2. The molecule has 0 saturated heterocycles. The predicted molar refractivity (Wildman–Crippen MR) is 136 cm³/mol. The first-order chi connectivity index (χ1) is 16.2. The van der Waals surface area contributed by atoms with Crippen LogP contribution >= 0.6 is 0 Å². The van der Waals surface area contributed by atoms with Gasteiger partial charge in [0.25, 0.3) is 5.69 Å². The molecule has 0 aromatic heterocycles. The quantitative estimate of drug-likeness (QED) is 0.232. The van der Waals surface area contributed by atoms with Crippen LogP contribution in [0.25, 0.3) is 0 Å². The number of non-ortho nitro benzene ring substituents is 1. The minimum atomic E-state index is -0.533. The van der Waals surface area contributed by atoms with E-state index >= 15 is 0 Å². The molecule has 0 bridgehead atoms. The highest BCUT2D eigenvalue weighted by Gasteiger charge is 2.17. The highest BCUT2D eigenvalue weighted by atomic mass is 16.6. The van der Waals surface area contributed by atoms with Gasteiger partial charge in [0.2, 0.25) is 0 Å². The van der Waals surface area contributed by atoms with Crippen molar-refractivity contribution in [3.63, 3.8) is 0 Å². The van der Waals surface area contributed by atoms with Crippen molar-refractivity contribution in [3.8, 4) is 0 Å². The first-order valence-electron chi connectivity index (χ1n) is 12.1. The maximum atomic E-state index is 11.8. The summed E-state index contributed by atoms with van der Waals surface area (Å²) in [6.07, 6.45) is 2.36. The molecule has 0 saturated carbocycles. The normalized spacial score (nSPS) is 11.7. The number of alkyl carbamates (subject to hydrolysis) is 2. The second kappa shape index (κ2) is 14.5. The molecule has 0 radical (unpaired) electrons. The molecule has 0 aliphatic heterocycles. The van der Waals surface area contributed by atoms with Gasteiger partial charge >= 0.3 is 12.2 Å². The number of carbonyl (C=O) groups excluding carboxylic acids is 2. The summed E-state index contributed by atoms with van der Waals surface area (Å²) >= 11 is 0. The number of hydrogen-bond acceptors (Lipinski definition) is 7. The van der Waals surface area contributed by atoms with Crippen molar-refractivity contribution in [3.05, 3.63) is 39.9 Å². The van der Waals surface area contributed by atoms with Crippen LogP contribution in [-0.2, 0) is 15.9 Å². The fourth-order valence-electron chi connectivity index (χ4n) is 3.24. The zero-order valence-electron chi connectivity index (χ0n) is 22.0. The second-order valence-corrected chi connectivity index (χ2v) is 10.4. The Morgan fingerprint density at radius 3 is 1.66 bits per heavy atom. The molecule has 0 aliphatic rings. The van der Waals surface area contributed by atoms with Gasteiger partial charge in [0.15, 0.2) is 0 Å². The molecular weight excluding hydrogens is 452 g/mol. The van der Waals surface area contributed by atoms with Crippen LogP contribution < -0.4 is 10.6 Å². The first kappa shape index (κ1) is 30.2. The number of aryl methyl sites for hydroxylation is 1. The molecule has 35 heavy (non-hydrogen) atoms. The Morgan fingerprint density at radius 1 is 0.829 bits per heavy atom. The summed E-state index contributed by atoms with van der Waals surface area (Å²) in [5, 5.41) is 16.4. The van der Waals surface area contributed by atoms with E-state index in [0.29, 0.717) is 13.1 Å².